The van der Waals surface area contributed by atoms with Gasteiger partial charge in [-0.3, -0.25) is 0 Å². The highest BCUT2D eigenvalue weighted by molar-refractivity contribution is 9.09. The van der Waals surface area contributed by atoms with E-state index < -0.39 is 9.84 Å². The SMILES string of the molecule is CC(C)CCS(=O)(=O)CC1(CBr)CCCCCC1. The van der Waals surface area contributed by atoms with Crippen molar-refractivity contribution in [2.75, 3.05) is 16.8 Å². The molecule has 0 aliphatic heterocycles. The van der Waals surface area contributed by atoms with E-state index in [0.29, 0.717) is 17.4 Å². The first-order chi connectivity index (χ1) is 8.39. The van der Waals surface area contributed by atoms with Gasteiger partial charge in [0, 0.05) is 5.33 Å². The summed E-state index contributed by atoms with van der Waals surface area (Å²) in [5, 5.41) is 0.834. The number of halogens is 1. The molecule has 0 radical (unpaired) electrons. The van der Waals surface area contributed by atoms with Gasteiger partial charge in [0.05, 0.1) is 11.5 Å². The Bertz CT molecular complexity index is 328. The number of hydrogen-bond acceptors (Lipinski definition) is 2. The molecule has 0 unspecified atom stereocenters. The standard InChI is InChI=1S/C14H27BrO2S/c1-13(2)7-10-18(16,17)12-14(11-15)8-5-3-4-6-9-14/h13H,3-12H2,1-2H3. The average molecular weight is 339 g/mol. The Kier molecular flexibility index (Phi) is 6.66. The Labute approximate surface area is 121 Å². The molecule has 0 spiro atoms. The molecule has 1 rings (SSSR count). The lowest BCUT2D eigenvalue weighted by molar-refractivity contribution is 0.327. The first-order valence-corrected chi connectivity index (χ1v) is 10.1. The summed E-state index contributed by atoms with van der Waals surface area (Å²) in [4.78, 5) is 0. The van der Waals surface area contributed by atoms with Crippen molar-refractivity contribution in [2.24, 2.45) is 11.3 Å². The summed E-state index contributed by atoms with van der Waals surface area (Å²) in [5.41, 5.74) is 0.00626. The highest BCUT2D eigenvalue weighted by Gasteiger charge is 2.34. The van der Waals surface area contributed by atoms with E-state index in [1.807, 2.05) is 0 Å². The molecule has 0 aromatic rings. The van der Waals surface area contributed by atoms with Crippen molar-refractivity contribution in [2.45, 2.75) is 58.8 Å². The maximum atomic E-state index is 12.3. The monoisotopic (exact) mass is 338 g/mol. The molecule has 0 saturated heterocycles. The molecule has 2 nitrogen and oxygen atoms in total. The first kappa shape index (κ1) is 16.5. The molecule has 4 heteroatoms. The fourth-order valence-electron chi connectivity index (χ4n) is 2.75. The van der Waals surface area contributed by atoms with Gasteiger partial charge in [-0.2, -0.15) is 0 Å². The van der Waals surface area contributed by atoms with Gasteiger partial charge in [0.25, 0.3) is 0 Å². The van der Waals surface area contributed by atoms with Gasteiger partial charge in [0.1, 0.15) is 0 Å². The van der Waals surface area contributed by atoms with E-state index in [-0.39, 0.29) is 5.41 Å². The predicted octanol–water partition coefficient (Wildman–Crippen LogP) is 4.18. The van der Waals surface area contributed by atoms with Crippen molar-refractivity contribution in [3.8, 4) is 0 Å². The molecule has 108 valence electrons. The third-order valence-electron chi connectivity index (χ3n) is 3.98. The van der Waals surface area contributed by atoms with E-state index >= 15 is 0 Å². The lowest BCUT2D eigenvalue weighted by Crippen LogP contribution is -2.33. The molecule has 0 atom stereocenters. The van der Waals surface area contributed by atoms with Crippen LogP contribution in [0, 0.1) is 11.3 Å². The van der Waals surface area contributed by atoms with Crippen LogP contribution in [0.5, 0.6) is 0 Å². The van der Waals surface area contributed by atoms with Gasteiger partial charge in [0.15, 0.2) is 9.84 Å². The molecule has 0 aromatic heterocycles. The fraction of sp³-hybridized carbons (Fsp3) is 1.00. The summed E-state index contributed by atoms with van der Waals surface area (Å²) in [6, 6.07) is 0. The second kappa shape index (κ2) is 7.28. The number of rotatable bonds is 6. The van der Waals surface area contributed by atoms with E-state index in [9.17, 15) is 8.42 Å². The first-order valence-electron chi connectivity index (χ1n) is 7.16. The molecule has 0 amide bonds. The molecular formula is C14H27BrO2S. The summed E-state index contributed by atoms with van der Waals surface area (Å²) in [5.74, 6) is 1.21. The van der Waals surface area contributed by atoms with Crippen molar-refractivity contribution < 1.29 is 8.42 Å². The Morgan fingerprint density at radius 2 is 1.67 bits per heavy atom. The summed E-state index contributed by atoms with van der Waals surface area (Å²) < 4.78 is 24.5. The van der Waals surface area contributed by atoms with Crippen LogP contribution in [0.2, 0.25) is 0 Å². The van der Waals surface area contributed by atoms with E-state index in [2.05, 4.69) is 29.8 Å². The van der Waals surface area contributed by atoms with Crippen molar-refractivity contribution in [1.82, 2.24) is 0 Å². The minimum Gasteiger partial charge on any atom is -0.229 e. The molecule has 18 heavy (non-hydrogen) atoms. The Morgan fingerprint density at radius 1 is 1.11 bits per heavy atom. The lowest BCUT2D eigenvalue weighted by atomic mass is 9.85. The number of hydrogen-bond donors (Lipinski definition) is 0. The molecule has 1 fully saturated rings. The van der Waals surface area contributed by atoms with Gasteiger partial charge in [-0.25, -0.2) is 8.42 Å². The van der Waals surface area contributed by atoms with Crippen LogP contribution in [0.1, 0.15) is 58.8 Å². The Morgan fingerprint density at radius 3 is 2.11 bits per heavy atom. The average Bonchev–Trinajstić information content (AvgIpc) is 2.52. The summed E-state index contributed by atoms with van der Waals surface area (Å²) in [6.07, 6.45) is 7.83. The van der Waals surface area contributed by atoms with Crippen LogP contribution in [0.25, 0.3) is 0 Å². The zero-order valence-electron chi connectivity index (χ0n) is 11.8. The molecule has 0 bridgehead atoms. The molecule has 0 aromatic carbocycles. The topological polar surface area (TPSA) is 34.1 Å². The Hall–Kier alpha value is 0.430. The highest BCUT2D eigenvalue weighted by atomic mass is 79.9. The van der Waals surface area contributed by atoms with E-state index in [1.54, 1.807) is 0 Å². The molecule has 1 aliphatic rings. The third-order valence-corrected chi connectivity index (χ3v) is 7.08. The number of sulfone groups is 1. The maximum Gasteiger partial charge on any atom is 0.150 e. The minimum atomic E-state index is -2.89. The minimum absolute atomic E-state index is 0.00626. The zero-order valence-corrected chi connectivity index (χ0v) is 14.2. The lowest BCUT2D eigenvalue weighted by Gasteiger charge is -2.30. The molecule has 1 aliphatic carbocycles. The Balaban J connectivity index is 2.65. The van der Waals surface area contributed by atoms with E-state index in [4.69, 9.17) is 0 Å². The van der Waals surface area contributed by atoms with Crippen molar-refractivity contribution in [1.29, 1.82) is 0 Å². The van der Waals surface area contributed by atoms with Crippen molar-refractivity contribution in [3.63, 3.8) is 0 Å². The third kappa shape index (κ3) is 5.60. The van der Waals surface area contributed by atoms with E-state index in [0.717, 1.165) is 24.6 Å². The second-order valence-corrected chi connectivity index (χ2v) is 9.07. The van der Waals surface area contributed by atoms with Gasteiger partial charge < -0.3 is 0 Å². The van der Waals surface area contributed by atoms with Crippen molar-refractivity contribution in [3.05, 3.63) is 0 Å². The van der Waals surface area contributed by atoms with Gasteiger partial charge in [-0.05, 0) is 30.6 Å². The quantitative estimate of drug-likeness (QED) is 0.537. The second-order valence-electron chi connectivity index (χ2n) is 6.32. The number of alkyl halides is 1. The van der Waals surface area contributed by atoms with Gasteiger partial charge in [0.2, 0.25) is 0 Å². The smallest absolute Gasteiger partial charge is 0.150 e. The van der Waals surface area contributed by atoms with E-state index in [1.165, 1.54) is 25.7 Å². The summed E-state index contributed by atoms with van der Waals surface area (Å²) in [7, 11) is -2.89. The predicted molar refractivity (Wildman–Crippen MR) is 82.0 cm³/mol. The zero-order chi connectivity index (χ0) is 13.6. The van der Waals surface area contributed by atoms with Crippen LogP contribution in [0.3, 0.4) is 0 Å². The van der Waals surface area contributed by atoms with Crippen LogP contribution in [0.4, 0.5) is 0 Å². The fourth-order valence-corrected chi connectivity index (χ4v) is 6.07. The maximum absolute atomic E-state index is 12.3. The van der Waals surface area contributed by atoms with Crippen LogP contribution < -0.4 is 0 Å². The van der Waals surface area contributed by atoms with Crippen LogP contribution in [-0.2, 0) is 9.84 Å². The highest BCUT2D eigenvalue weighted by Crippen LogP contribution is 2.38. The van der Waals surface area contributed by atoms with Gasteiger partial charge in [-0.15, -0.1) is 0 Å². The molecule has 1 saturated carbocycles. The van der Waals surface area contributed by atoms with Crippen LogP contribution >= 0.6 is 15.9 Å². The summed E-state index contributed by atoms with van der Waals surface area (Å²) in [6.45, 7) is 4.17. The van der Waals surface area contributed by atoms with Crippen LogP contribution in [-0.4, -0.2) is 25.3 Å². The molecule has 0 heterocycles. The van der Waals surface area contributed by atoms with Gasteiger partial charge in [-0.1, -0.05) is 55.5 Å². The normalized spacial score (nSPS) is 20.9. The molecule has 0 N–H and O–H groups in total. The molecular weight excluding hydrogens is 312 g/mol. The van der Waals surface area contributed by atoms with Crippen molar-refractivity contribution >= 4 is 25.8 Å². The van der Waals surface area contributed by atoms with Crippen LogP contribution in [0.15, 0.2) is 0 Å². The summed E-state index contributed by atoms with van der Waals surface area (Å²) >= 11 is 3.57. The largest absolute Gasteiger partial charge is 0.229 e. The van der Waals surface area contributed by atoms with Gasteiger partial charge >= 0.3 is 0 Å².